The van der Waals surface area contributed by atoms with E-state index in [1.54, 1.807) is 0 Å². The van der Waals surface area contributed by atoms with Crippen LogP contribution in [0.5, 0.6) is 0 Å². The molecule has 2 atom stereocenters. The summed E-state index contributed by atoms with van der Waals surface area (Å²) < 4.78 is 0. The van der Waals surface area contributed by atoms with Crippen molar-refractivity contribution >= 4 is 0 Å². The molecule has 2 unspecified atom stereocenters. The summed E-state index contributed by atoms with van der Waals surface area (Å²) in [5.41, 5.74) is 5.69. The van der Waals surface area contributed by atoms with Gasteiger partial charge in [0.1, 0.15) is 0 Å². The lowest BCUT2D eigenvalue weighted by Crippen LogP contribution is -2.21. The van der Waals surface area contributed by atoms with E-state index in [4.69, 9.17) is 10.8 Å². The molecule has 2 nitrogen and oxygen atoms in total. The fourth-order valence-corrected chi connectivity index (χ4v) is 1.49. The van der Waals surface area contributed by atoms with Crippen LogP contribution in [0.15, 0.2) is 12.2 Å². The molecule has 0 aromatic heterocycles. The van der Waals surface area contributed by atoms with Gasteiger partial charge in [0.15, 0.2) is 0 Å². The number of aliphatic hydroxyl groups excluding tert-OH is 1. The molecule has 0 saturated heterocycles. The van der Waals surface area contributed by atoms with E-state index in [0.29, 0.717) is 12.5 Å². The Morgan fingerprint density at radius 2 is 2.18 bits per heavy atom. The second kappa shape index (κ2) is 4.52. The first kappa shape index (κ1) is 8.75. The second-order valence-electron chi connectivity index (χ2n) is 3.25. The van der Waals surface area contributed by atoms with Crippen LogP contribution in [0.1, 0.15) is 25.7 Å². The van der Waals surface area contributed by atoms with Crippen LogP contribution in [0.2, 0.25) is 0 Å². The molecule has 0 fully saturated rings. The van der Waals surface area contributed by atoms with Crippen LogP contribution in [-0.4, -0.2) is 17.8 Å². The number of nitrogens with two attached hydrogens (primary N) is 1. The van der Waals surface area contributed by atoms with Gasteiger partial charge in [-0.25, -0.2) is 0 Å². The molecule has 0 heterocycles. The molecule has 64 valence electrons. The molecule has 1 aliphatic carbocycles. The molecular weight excluding hydrogens is 138 g/mol. The highest BCUT2D eigenvalue weighted by Gasteiger charge is 2.11. The number of hydrogen-bond acceptors (Lipinski definition) is 2. The zero-order chi connectivity index (χ0) is 8.10. The molecule has 3 N–H and O–H groups in total. The SMILES string of the molecule is NC1C=CC(CCCO)CC1. The van der Waals surface area contributed by atoms with Gasteiger partial charge < -0.3 is 10.8 Å². The smallest absolute Gasteiger partial charge is 0.0431 e. The zero-order valence-corrected chi connectivity index (χ0v) is 6.87. The number of allylic oxidation sites excluding steroid dienone is 1. The molecule has 0 aromatic carbocycles. The van der Waals surface area contributed by atoms with Crippen molar-refractivity contribution in [2.24, 2.45) is 11.7 Å². The van der Waals surface area contributed by atoms with Crippen molar-refractivity contribution in [3.05, 3.63) is 12.2 Å². The second-order valence-corrected chi connectivity index (χ2v) is 3.25. The van der Waals surface area contributed by atoms with E-state index in [0.717, 1.165) is 19.3 Å². The summed E-state index contributed by atoms with van der Waals surface area (Å²) in [6.45, 7) is 0.316. The Hall–Kier alpha value is -0.340. The summed E-state index contributed by atoms with van der Waals surface area (Å²) in [7, 11) is 0. The molecule has 2 heteroatoms. The van der Waals surface area contributed by atoms with Gasteiger partial charge in [-0.05, 0) is 31.6 Å². The minimum Gasteiger partial charge on any atom is -0.396 e. The van der Waals surface area contributed by atoms with Gasteiger partial charge >= 0.3 is 0 Å². The van der Waals surface area contributed by atoms with Crippen molar-refractivity contribution in [2.75, 3.05) is 6.61 Å². The topological polar surface area (TPSA) is 46.2 Å². The van der Waals surface area contributed by atoms with Gasteiger partial charge in [-0.15, -0.1) is 0 Å². The van der Waals surface area contributed by atoms with E-state index in [-0.39, 0.29) is 6.04 Å². The quantitative estimate of drug-likeness (QED) is 0.598. The third kappa shape index (κ3) is 3.04. The van der Waals surface area contributed by atoms with Crippen molar-refractivity contribution in [1.29, 1.82) is 0 Å². The zero-order valence-electron chi connectivity index (χ0n) is 6.87. The summed E-state index contributed by atoms with van der Waals surface area (Å²) >= 11 is 0. The minimum atomic E-state index is 0.278. The van der Waals surface area contributed by atoms with E-state index >= 15 is 0 Å². The maximum absolute atomic E-state index is 8.60. The fraction of sp³-hybridized carbons (Fsp3) is 0.778. The van der Waals surface area contributed by atoms with Crippen LogP contribution in [0.3, 0.4) is 0 Å². The van der Waals surface area contributed by atoms with Crippen molar-refractivity contribution in [3.63, 3.8) is 0 Å². The first-order chi connectivity index (χ1) is 5.33. The summed E-state index contributed by atoms with van der Waals surface area (Å²) in [6.07, 6.45) is 8.61. The van der Waals surface area contributed by atoms with Gasteiger partial charge in [0.2, 0.25) is 0 Å². The molecule has 1 rings (SSSR count). The highest BCUT2D eigenvalue weighted by Crippen LogP contribution is 2.20. The summed E-state index contributed by atoms with van der Waals surface area (Å²) in [5, 5.41) is 8.60. The predicted octanol–water partition coefficient (Wildman–Crippen LogP) is 1.05. The Balaban J connectivity index is 2.21. The fourth-order valence-electron chi connectivity index (χ4n) is 1.49. The molecule has 0 saturated carbocycles. The Labute approximate surface area is 68.1 Å². The van der Waals surface area contributed by atoms with Gasteiger partial charge in [-0.1, -0.05) is 12.2 Å². The molecular formula is C9H17NO. The van der Waals surface area contributed by atoms with Gasteiger partial charge in [-0.3, -0.25) is 0 Å². The summed E-state index contributed by atoms with van der Waals surface area (Å²) in [5.74, 6) is 0.668. The first-order valence-electron chi connectivity index (χ1n) is 4.37. The Morgan fingerprint density at radius 3 is 2.73 bits per heavy atom. The van der Waals surface area contributed by atoms with E-state index in [2.05, 4.69) is 12.2 Å². The standard InChI is InChI=1S/C9H17NO/c10-9-5-3-8(4-6-9)2-1-7-11/h3,5,8-9,11H,1-2,4,6-7,10H2. The van der Waals surface area contributed by atoms with Gasteiger partial charge in [0.25, 0.3) is 0 Å². The monoisotopic (exact) mass is 155 g/mol. The maximum atomic E-state index is 8.60. The van der Waals surface area contributed by atoms with Crippen LogP contribution in [0.25, 0.3) is 0 Å². The van der Waals surface area contributed by atoms with Gasteiger partial charge in [0.05, 0.1) is 0 Å². The summed E-state index contributed by atoms with van der Waals surface area (Å²) in [6, 6.07) is 0.278. The third-order valence-electron chi connectivity index (χ3n) is 2.23. The molecule has 0 aromatic rings. The number of hydrogen-bond donors (Lipinski definition) is 2. The largest absolute Gasteiger partial charge is 0.396 e. The van der Waals surface area contributed by atoms with Crippen molar-refractivity contribution in [1.82, 2.24) is 0 Å². The average molecular weight is 155 g/mol. The van der Waals surface area contributed by atoms with Crippen molar-refractivity contribution in [2.45, 2.75) is 31.7 Å². The highest BCUT2D eigenvalue weighted by molar-refractivity contribution is 5.00. The minimum absolute atomic E-state index is 0.278. The number of rotatable bonds is 3. The van der Waals surface area contributed by atoms with Crippen LogP contribution >= 0.6 is 0 Å². The molecule has 0 aliphatic heterocycles. The lowest BCUT2D eigenvalue weighted by atomic mass is 9.90. The number of aliphatic hydroxyl groups is 1. The van der Waals surface area contributed by atoms with Crippen molar-refractivity contribution < 1.29 is 5.11 Å². The van der Waals surface area contributed by atoms with E-state index in [1.165, 1.54) is 6.42 Å². The Bertz CT molecular complexity index is 134. The normalized spacial score (nSPS) is 30.7. The summed E-state index contributed by atoms with van der Waals surface area (Å²) in [4.78, 5) is 0. The maximum Gasteiger partial charge on any atom is 0.0431 e. The molecule has 0 amide bonds. The van der Waals surface area contributed by atoms with E-state index < -0.39 is 0 Å². The lowest BCUT2D eigenvalue weighted by molar-refractivity contribution is 0.274. The van der Waals surface area contributed by atoms with E-state index in [1.807, 2.05) is 0 Å². The Morgan fingerprint density at radius 1 is 1.36 bits per heavy atom. The third-order valence-corrected chi connectivity index (χ3v) is 2.23. The molecule has 0 spiro atoms. The van der Waals surface area contributed by atoms with Gasteiger partial charge in [-0.2, -0.15) is 0 Å². The Kier molecular flexibility index (Phi) is 3.60. The van der Waals surface area contributed by atoms with Crippen LogP contribution in [-0.2, 0) is 0 Å². The predicted molar refractivity (Wildman–Crippen MR) is 46.2 cm³/mol. The average Bonchev–Trinajstić information content (AvgIpc) is 2.04. The van der Waals surface area contributed by atoms with Gasteiger partial charge in [0, 0.05) is 12.6 Å². The molecule has 0 bridgehead atoms. The molecule has 0 radical (unpaired) electrons. The lowest BCUT2D eigenvalue weighted by Gasteiger charge is -2.19. The van der Waals surface area contributed by atoms with Crippen molar-refractivity contribution in [3.8, 4) is 0 Å². The molecule has 11 heavy (non-hydrogen) atoms. The van der Waals surface area contributed by atoms with Crippen LogP contribution in [0, 0.1) is 5.92 Å². The first-order valence-corrected chi connectivity index (χ1v) is 4.37. The highest BCUT2D eigenvalue weighted by atomic mass is 16.2. The van der Waals surface area contributed by atoms with E-state index in [9.17, 15) is 0 Å². The van der Waals surface area contributed by atoms with Crippen LogP contribution in [0.4, 0.5) is 0 Å². The molecule has 1 aliphatic rings. The van der Waals surface area contributed by atoms with Crippen LogP contribution < -0.4 is 5.73 Å².